The van der Waals surface area contributed by atoms with Crippen molar-refractivity contribution in [3.05, 3.63) is 70.3 Å². The summed E-state index contributed by atoms with van der Waals surface area (Å²) in [5.74, 6) is -0.706. The molecule has 0 aliphatic rings. The second-order valence-electron chi connectivity index (χ2n) is 7.52. The minimum atomic E-state index is -0.442. The maximum absolute atomic E-state index is 12.8. The Hall–Kier alpha value is -3.94. The van der Waals surface area contributed by atoms with Crippen LogP contribution < -0.4 is 10.9 Å². The summed E-state index contributed by atoms with van der Waals surface area (Å²) in [5.41, 5.74) is 3.31. The molecule has 0 bridgehead atoms. The Morgan fingerprint density at radius 1 is 1.10 bits per heavy atom. The molecule has 0 aliphatic heterocycles. The van der Waals surface area contributed by atoms with Crippen LogP contribution in [-0.4, -0.2) is 39.9 Å². The normalized spacial score (nSPS) is 11.1. The lowest BCUT2D eigenvalue weighted by Gasteiger charge is -2.18. The number of carbonyl (C=O) groups excluding carboxylic acids is 2. The predicted molar refractivity (Wildman–Crippen MR) is 118 cm³/mol. The molecule has 0 saturated carbocycles. The van der Waals surface area contributed by atoms with Gasteiger partial charge in [0.1, 0.15) is 17.6 Å². The highest BCUT2D eigenvalue weighted by molar-refractivity contribution is 6.01. The van der Waals surface area contributed by atoms with Crippen LogP contribution >= 0.6 is 0 Å². The van der Waals surface area contributed by atoms with Gasteiger partial charge in [0.2, 0.25) is 17.4 Å². The molecule has 4 rings (SSSR count). The summed E-state index contributed by atoms with van der Waals surface area (Å²) in [6.45, 7) is 3.43. The molecule has 1 N–H and O–H groups in total. The maximum Gasteiger partial charge on any atom is 0.297 e. The molecule has 2 aromatic carbocycles. The molecule has 2 amide bonds. The molecule has 0 fully saturated rings. The molecule has 0 saturated heterocycles. The third kappa shape index (κ3) is 3.92. The standard InChI is InChI=1S/C23H22N4O4/c1-14-7-6-8-15(2)20(14)25-18(28)11-26(3)19(29)12-27-13-24-21-16-9-4-5-10-17(16)31-22(21)23(27)30/h4-10,13H,11-12H2,1-3H3,(H,25,28). The van der Waals surface area contributed by atoms with E-state index in [2.05, 4.69) is 10.3 Å². The molecule has 0 aliphatic carbocycles. The predicted octanol–water partition coefficient (Wildman–Crippen LogP) is 2.86. The van der Waals surface area contributed by atoms with E-state index in [1.807, 2.05) is 50.2 Å². The van der Waals surface area contributed by atoms with Gasteiger partial charge in [0, 0.05) is 18.1 Å². The number of aryl methyl sites for hydroxylation is 2. The van der Waals surface area contributed by atoms with Gasteiger partial charge >= 0.3 is 0 Å². The molecule has 158 valence electrons. The molecule has 31 heavy (non-hydrogen) atoms. The average Bonchev–Trinajstić information content (AvgIpc) is 3.12. The Balaban J connectivity index is 1.48. The summed E-state index contributed by atoms with van der Waals surface area (Å²) in [4.78, 5) is 43.4. The highest BCUT2D eigenvalue weighted by Crippen LogP contribution is 2.24. The summed E-state index contributed by atoms with van der Waals surface area (Å²) in [5, 5.41) is 3.59. The number of hydrogen-bond acceptors (Lipinski definition) is 5. The van der Waals surface area contributed by atoms with Crippen molar-refractivity contribution in [1.29, 1.82) is 0 Å². The minimum Gasteiger partial charge on any atom is -0.448 e. The van der Waals surface area contributed by atoms with Crippen LogP contribution in [-0.2, 0) is 16.1 Å². The SMILES string of the molecule is Cc1cccc(C)c1NC(=O)CN(C)C(=O)Cn1cnc2c(oc3ccccc32)c1=O. The van der Waals surface area contributed by atoms with Gasteiger partial charge in [-0.25, -0.2) is 4.98 Å². The van der Waals surface area contributed by atoms with Crippen molar-refractivity contribution < 1.29 is 14.0 Å². The van der Waals surface area contributed by atoms with E-state index in [-0.39, 0.29) is 24.6 Å². The summed E-state index contributed by atoms with van der Waals surface area (Å²) in [6.07, 6.45) is 1.33. The number of para-hydroxylation sites is 2. The zero-order valence-corrected chi connectivity index (χ0v) is 17.5. The Bertz CT molecular complexity index is 1350. The van der Waals surface area contributed by atoms with Crippen molar-refractivity contribution in [2.24, 2.45) is 0 Å². The fourth-order valence-corrected chi connectivity index (χ4v) is 3.49. The minimum absolute atomic E-state index is 0.104. The molecular weight excluding hydrogens is 396 g/mol. The average molecular weight is 418 g/mol. The lowest BCUT2D eigenvalue weighted by atomic mass is 10.1. The van der Waals surface area contributed by atoms with E-state index in [9.17, 15) is 14.4 Å². The van der Waals surface area contributed by atoms with Crippen LogP contribution in [0.25, 0.3) is 22.1 Å². The Kier molecular flexibility index (Phi) is 5.29. The number of carbonyl (C=O) groups is 2. The zero-order valence-electron chi connectivity index (χ0n) is 17.5. The number of aromatic nitrogens is 2. The van der Waals surface area contributed by atoms with E-state index in [1.165, 1.54) is 22.8 Å². The summed E-state index contributed by atoms with van der Waals surface area (Å²) in [6, 6.07) is 13.0. The van der Waals surface area contributed by atoms with E-state index < -0.39 is 11.5 Å². The largest absolute Gasteiger partial charge is 0.448 e. The molecule has 0 radical (unpaired) electrons. The number of furan rings is 1. The molecule has 2 heterocycles. The molecule has 0 unspecified atom stereocenters. The van der Waals surface area contributed by atoms with Crippen molar-refractivity contribution in [1.82, 2.24) is 14.5 Å². The van der Waals surface area contributed by atoms with Crippen LogP contribution in [0.5, 0.6) is 0 Å². The topological polar surface area (TPSA) is 97.4 Å². The summed E-state index contributed by atoms with van der Waals surface area (Å²) < 4.78 is 6.82. The Morgan fingerprint density at radius 2 is 1.81 bits per heavy atom. The lowest BCUT2D eigenvalue weighted by Crippen LogP contribution is -2.38. The number of nitrogens with one attached hydrogen (secondary N) is 1. The number of hydrogen-bond donors (Lipinski definition) is 1. The first kappa shape index (κ1) is 20.3. The third-order valence-electron chi connectivity index (χ3n) is 5.21. The lowest BCUT2D eigenvalue weighted by molar-refractivity contribution is -0.133. The number of likely N-dealkylation sites (N-methyl/N-ethyl adjacent to an activating group) is 1. The van der Waals surface area contributed by atoms with Gasteiger partial charge in [0.25, 0.3) is 5.56 Å². The summed E-state index contributed by atoms with van der Waals surface area (Å²) in [7, 11) is 1.52. The van der Waals surface area contributed by atoms with Crippen LogP contribution in [0.4, 0.5) is 5.69 Å². The van der Waals surface area contributed by atoms with Crippen molar-refractivity contribution in [3.63, 3.8) is 0 Å². The number of rotatable bonds is 5. The van der Waals surface area contributed by atoms with Gasteiger partial charge in [-0.15, -0.1) is 0 Å². The van der Waals surface area contributed by atoms with Crippen molar-refractivity contribution in [2.75, 3.05) is 18.9 Å². The molecule has 8 nitrogen and oxygen atoms in total. The van der Waals surface area contributed by atoms with Gasteiger partial charge in [0.05, 0.1) is 12.9 Å². The molecule has 4 aromatic rings. The molecule has 8 heteroatoms. The van der Waals surface area contributed by atoms with Crippen LogP contribution in [0.2, 0.25) is 0 Å². The van der Waals surface area contributed by atoms with Gasteiger partial charge in [-0.05, 0) is 37.1 Å². The van der Waals surface area contributed by atoms with Crippen molar-refractivity contribution >= 4 is 39.6 Å². The van der Waals surface area contributed by atoms with E-state index in [0.29, 0.717) is 11.1 Å². The summed E-state index contributed by atoms with van der Waals surface area (Å²) >= 11 is 0. The van der Waals surface area contributed by atoms with Crippen LogP contribution in [0, 0.1) is 13.8 Å². The molecular formula is C23H22N4O4. The first-order valence-electron chi connectivity index (χ1n) is 9.82. The number of fused-ring (bicyclic) bond motifs is 3. The van der Waals surface area contributed by atoms with Crippen LogP contribution in [0.15, 0.2) is 58.0 Å². The second-order valence-corrected chi connectivity index (χ2v) is 7.52. The fourth-order valence-electron chi connectivity index (χ4n) is 3.49. The van der Waals surface area contributed by atoms with E-state index in [0.717, 1.165) is 22.2 Å². The van der Waals surface area contributed by atoms with Gasteiger partial charge in [0.15, 0.2) is 0 Å². The molecule has 0 atom stereocenters. The maximum atomic E-state index is 12.8. The van der Waals surface area contributed by atoms with E-state index in [1.54, 1.807) is 6.07 Å². The van der Waals surface area contributed by atoms with Gasteiger partial charge in [-0.2, -0.15) is 0 Å². The highest BCUT2D eigenvalue weighted by atomic mass is 16.3. The second kappa shape index (κ2) is 8.06. The highest BCUT2D eigenvalue weighted by Gasteiger charge is 2.18. The Morgan fingerprint density at radius 3 is 2.55 bits per heavy atom. The van der Waals surface area contributed by atoms with Crippen molar-refractivity contribution in [3.8, 4) is 0 Å². The number of benzene rings is 2. The molecule has 2 aromatic heterocycles. The molecule has 0 spiro atoms. The quantitative estimate of drug-likeness (QED) is 0.538. The Labute approximate surface area is 178 Å². The van der Waals surface area contributed by atoms with Gasteiger partial charge in [-0.1, -0.05) is 30.3 Å². The first-order chi connectivity index (χ1) is 14.8. The van der Waals surface area contributed by atoms with Crippen LogP contribution in [0.1, 0.15) is 11.1 Å². The van der Waals surface area contributed by atoms with Gasteiger partial charge < -0.3 is 14.6 Å². The number of anilines is 1. The number of amides is 2. The van der Waals surface area contributed by atoms with E-state index in [4.69, 9.17) is 4.42 Å². The zero-order chi connectivity index (χ0) is 22.1. The third-order valence-corrected chi connectivity index (χ3v) is 5.21. The number of nitrogens with zero attached hydrogens (tertiary/aromatic N) is 3. The van der Waals surface area contributed by atoms with Gasteiger partial charge in [-0.3, -0.25) is 19.0 Å². The van der Waals surface area contributed by atoms with Crippen LogP contribution in [0.3, 0.4) is 0 Å². The van der Waals surface area contributed by atoms with Crippen molar-refractivity contribution in [2.45, 2.75) is 20.4 Å². The van der Waals surface area contributed by atoms with E-state index >= 15 is 0 Å². The fraction of sp³-hybridized carbons (Fsp3) is 0.217. The first-order valence-corrected chi connectivity index (χ1v) is 9.82. The smallest absolute Gasteiger partial charge is 0.297 e. The monoisotopic (exact) mass is 418 g/mol.